The predicted molar refractivity (Wildman–Crippen MR) is 42.4 cm³/mol. The van der Waals surface area contributed by atoms with Gasteiger partial charge >= 0.3 is 0 Å². The molecule has 1 aliphatic rings. The van der Waals surface area contributed by atoms with Gasteiger partial charge in [-0.05, 0) is 6.42 Å². The molecule has 0 aliphatic heterocycles. The lowest BCUT2D eigenvalue weighted by atomic mass is 9.86. The molecule has 12 heavy (non-hydrogen) atoms. The Kier molecular flexibility index (Phi) is 3.22. The third kappa shape index (κ3) is 2.04. The molecule has 0 spiro atoms. The van der Waals surface area contributed by atoms with Crippen molar-refractivity contribution in [1.82, 2.24) is 0 Å². The van der Waals surface area contributed by atoms with E-state index >= 15 is 0 Å². The molecule has 0 fully saturated rings. The monoisotopic (exact) mass is 174 g/mol. The molecule has 0 saturated carbocycles. The molecule has 1 aliphatic carbocycles. The first-order chi connectivity index (χ1) is 5.65. The van der Waals surface area contributed by atoms with Crippen LogP contribution in [0.1, 0.15) is 6.42 Å². The molecular weight excluding hydrogens is 160 g/mol. The average molecular weight is 174 g/mol. The summed E-state index contributed by atoms with van der Waals surface area (Å²) in [6.07, 6.45) is 0.872. The topological polar surface area (TPSA) is 80.9 Å². The van der Waals surface area contributed by atoms with E-state index in [1.165, 1.54) is 12.2 Å². The van der Waals surface area contributed by atoms with Crippen molar-refractivity contribution in [2.24, 2.45) is 5.92 Å². The fraction of sp³-hybridized carbons (Fsp3) is 0.750. The summed E-state index contributed by atoms with van der Waals surface area (Å²) in [6.45, 7) is -0.387. The lowest BCUT2D eigenvalue weighted by Gasteiger charge is -2.29. The van der Waals surface area contributed by atoms with E-state index < -0.39 is 24.2 Å². The molecule has 0 amide bonds. The van der Waals surface area contributed by atoms with Crippen LogP contribution in [0, 0.1) is 5.92 Å². The van der Waals surface area contributed by atoms with Crippen molar-refractivity contribution in [2.75, 3.05) is 6.61 Å². The molecule has 4 N–H and O–H groups in total. The van der Waals surface area contributed by atoms with Gasteiger partial charge in [0.15, 0.2) is 0 Å². The Hall–Kier alpha value is -0.420. The van der Waals surface area contributed by atoms with Gasteiger partial charge in [-0.1, -0.05) is 12.2 Å². The van der Waals surface area contributed by atoms with Crippen molar-refractivity contribution in [3.05, 3.63) is 12.2 Å². The molecule has 70 valence electrons. The predicted octanol–water partition coefficient (Wildman–Crippen LogP) is -1.36. The number of hydrogen-bond acceptors (Lipinski definition) is 4. The summed E-state index contributed by atoms with van der Waals surface area (Å²) in [5, 5.41) is 36.3. The van der Waals surface area contributed by atoms with E-state index in [2.05, 4.69) is 0 Å². The van der Waals surface area contributed by atoms with Gasteiger partial charge in [-0.2, -0.15) is 0 Å². The third-order valence-electron chi connectivity index (χ3n) is 2.16. The molecular formula is C8H14O4. The minimum Gasteiger partial charge on any atom is -0.394 e. The maximum atomic E-state index is 9.32. The van der Waals surface area contributed by atoms with Gasteiger partial charge in [0.05, 0.1) is 24.9 Å². The van der Waals surface area contributed by atoms with E-state index in [1.807, 2.05) is 0 Å². The number of aliphatic hydroxyl groups excluding tert-OH is 4. The van der Waals surface area contributed by atoms with E-state index in [9.17, 15) is 10.2 Å². The van der Waals surface area contributed by atoms with E-state index in [1.54, 1.807) is 0 Å². The summed E-state index contributed by atoms with van der Waals surface area (Å²) in [7, 11) is 0. The van der Waals surface area contributed by atoms with E-state index in [0.29, 0.717) is 6.42 Å². The second-order valence-corrected chi connectivity index (χ2v) is 3.09. The first-order valence-electron chi connectivity index (χ1n) is 3.98. The van der Waals surface area contributed by atoms with Crippen molar-refractivity contribution >= 4 is 0 Å². The maximum absolute atomic E-state index is 9.32. The van der Waals surface area contributed by atoms with Gasteiger partial charge in [0.1, 0.15) is 0 Å². The largest absolute Gasteiger partial charge is 0.394 e. The van der Waals surface area contributed by atoms with Crippen LogP contribution in [0.4, 0.5) is 0 Å². The lowest BCUT2D eigenvalue weighted by Crippen LogP contribution is -2.38. The molecule has 0 saturated heterocycles. The first-order valence-corrected chi connectivity index (χ1v) is 3.98. The number of hydrogen-bond donors (Lipinski definition) is 4. The SMILES string of the molecule is OC[C@@H](O)[C@H]1C[C@H](O)C=C[C@@H]1O. The van der Waals surface area contributed by atoms with Gasteiger partial charge < -0.3 is 20.4 Å². The second-order valence-electron chi connectivity index (χ2n) is 3.09. The van der Waals surface area contributed by atoms with Gasteiger partial charge in [0.25, 0.3) is 0 Å². The van der Waals surface area contributed by atoms with Crippen molar-refractivity contribution < 1.29 is 20.4 Å². The summed E-state index contributed by atoms with van der Waals surface area (Å²) >= 11 is 0. The standard InChI is InChI=1S/C8H14O4/c9-4-8(12)6-3-5(10)1-2-7(6)11/h1-2,5-12H,3-4H2/t5-,6+,7+,8-/m1/s1. The quantitative estimate of drug-likeness (QED) is 0.390. The Bertz CT molecular complexity index is 168. The minimum atomic E-state index is -0.959. The van der Waals surface area contributed by atoms with Crippen LogP contribution in [0.25, 0.3) is 0 Å². The molecule has 0 radical (unpaired) electrons. The zero-order valence-electron chi connectivity index (χ0n) is 6.67. The number of rotatable bonds is 2. The van der Waals surface area contributed by atoms with Gasteiger partial charge in [-0.25, -0.2) is 0 Å². The minimum absolute atomic E-state index is 0.291. The fourth-order valence-corrected chi connectivity index (χ4v) is 1.40. The Morgan fingerprint density at radius 2 is 2.00 bits per heavy atom. The van der Waals surface area contributed by atoms with Crippen molar-refractivity contribution in [3.63, 3.8) is 0 Å². The highest BCUT2D eigenvalue weighted by atomic mass is 16.3. The van der Waals surface area contributed by atoms with Gasteiger partial charge in [-0.3, -0.25) is 0 Å². The molecule has 0 aromatic rings. The van der Waals surface area contributed by atoms with Crippen LogP contribution >= 0.6 is 0 Å². The van der Waals surface area contributed by atoms with Crippen LogP contribution in [0.15, 0.2) is 12.2 Å². The summed E-state index contributed by atoms with van der Waals surface area (Å²) in [6, 6.07) is 0. The maximum Gasteiger partial charge on any atom is 0.0827 e. The number of aliphatic hydroxyl groups is 4. The smallest absolute Gasteiger partial charge is 0.0827 e. The molecule has 0 bridgehead atoms. The normalized spacial score (nSPS) is 38.2. The summed E-state index contributed by atoms with van der Waals surface area (Å²) in [4.78, 5) is 0. The van der Waals surface area contributed by atoms with Crippen molar-refractivity contribution in [1.29, 1.82) is 0 Å². The summed E-state index contributed by atoms with van der Waals surface area (Å²) in [5.41, 5.74) is 0. The molecule has 0 aromatic carbocycles. The van der Waals surface area contributed by atoms with Crippen LogP contribution in [-0.2, 0) is 0 Å². The molecule has 4 atom stereocenters. The molecule has 0 unspecified atom stereocenters. The second kappa shape index (κ2) is 4.00. The zero-order chi connectivity index (χ0) is 9.14. The average Bonchev–Trinajstić information content (AvgIpc) is 2.08. The van der Waals surface area contributed by atoms with Crippen molar-refractivity contribution in [2.45, 2.75) is 24.7 Å². The van der Waals surface area contributed by atoms with Gasteiger partial charge in [0, 0.05) is 5.92 Å². The van der Waals surface area contributed by atoms with Crippen LogP contribution in [0.5, 0.6) is 0 Å². The Morgan fingerprint density at radius 1 is 1.33 bits per heavy atom. The molecule has 0 heterocycles. The molecule has 1 rings (SSSR count). The van der Waals surface area contributed by atoms with Gasteiger partial charge in [0.2, 0.25) is 0 Å². The highest BCUT2D eigenvalue weighted by Crippen LogP contribution is 2.22. The lowest BCUT2D eigenvalue weighted by molar-refractivity contribution is -0.0222. The summed E-state index contributed by atoms with van der Waals surface area (Å²) < 4.78 is 0. The molecule has 0 aromatic heterocycles. The Morgan fingerprint density at radius 3 is 2.58 bits per heavy atom. The van der Waals surface area contributed by atoms with E-state index in [0.717, 1.165) is 0 Å². The van der Waals surface area contributed by atoms with Crippen LogP contribution < -0.4 is 0 Å². The fourth-order valence-electron chi connectivity index (χ4n) is 1.40. The Balaban J connectivity index is 2.59. The summed E-state index contributed by atoms with van der Waals surface area (Å²) in [5.74, 6) is -0.463. The van der Waals surface area contributed by atoms with Crippen molar-refractivity contribution in [3.8, 4) is 0 Å². The highest BCUT2D eigenvalue weighted by Gasteiger charge is 2.29. The van der Waals surface area contributed by atoms with Crippen LogP contribution in [-0.4, -0.2) is 45.3 Å². The molecule has 4 heteroatoms. The van der Waals surface area contributed by atoms with E-state index in [4.69, 9.17) is 10.2 Å². The van der Waals surface area contributed by atoms with Crippen LogP contribution in [0.2, 0.25) is 0 Å². The van der Waals surface area contributed by atoms with Crippen LogP contribution in [0.3, 0.4) is 0 Å². The van der Waals surface area contributed by atoms with Gasteiger partial charge in [-0.15, -0.1) is 0 Å². The first kappa shape index (κ1) is 9.67. The highest BCUT2D eigenvalue weighted by molar-refractivity contribution is 5.03. The Labute approximate surface area is 70.8 Å². The van der Waals surface area contributed by atoms with E-state index in [-0.39, 0.29) is 6.61 Å². The third-order valence-corrected chi connectivity index (χ3v) is 2.16. The molecule has 4 nitrogen and oxygen atoms in total. The zero-order valence-corrected chi connectivity index (χ0v) is 6.67.